The molecule has 9 heteroatoms. The number of nitrogens with one attached hydrogen (secondary N) is 2. The number of hydrogen-bond donors (Lipinski definition) is 3. The summed E-state index contributed by atoms with van der Waals surface area (Å²) in [5.41, 5.74) is 15.1. The molecular formula is C33H27N7OS. The predicted molar refractivity (Wildman–Crippen MR) is 168 cm³/mol. The lowest BCUT2D eigenvalue weighted by Crippen LogP contribution is -2.43. The number of aromatic nitrogens is 3. The van der Waals surface area contributed by atoms with Crippen LogP contribution in [0.15, 0.2) is 96.1 Å². The molecule has 3 aliphatic rings. The molecule has 0 unspecified atom stereocenters. The molecule has 206 valence electrons. The SMILES string of the molecule is NC1(c2ccc(-c3c(-c4ccc(N=C5NC(=O)CS5)cc4)nc4n3-c3cccnc3Nc3ccccc3-4)cc2)CCC1. The third-order valence-electron chi connectivity index (χ3n) is 8.26. The van der Waals surface area contributed by atoms with E-state index >= 15 is 0 Å². The van der Waals surface area contributed by atoms with Gasteiger partial charge in [-0.25, -0.2) is 15.0 Å². The maximum Gasteiger partial charge on any atom is 0.236 e. The van der Waals surface area contributed by atoms with Crippen molar-refractivity contribution in [2.75, 3.05) is 11.1 Å². The number of pyridine rings is 1. The molecule has 8 rings (SSSR count). The highest BCUT2D eigenvalue weighted by molar-refractivity contribution is 8.15. The lowest BCUT2D eigenvalue weighted by atomic mass is 9.72. The first-order valence-corrected chi connectivity index (χ1v) is 15.0. The van der Waals surface area contributed by atoms with Crippen LogP contribution in [0.2, 0.25) is 0 Å². The number of benzene rings is 3. The first kappa shape index (κ1) is 25.0. The average Bonchev–Trinajstić information content (AvgIpc) is 3.57. The van der Waals surface area contributed by atoms with Gasteiger partial charge in [0, 0.05) is 28.4 Å². The van der Waals surface area contributed by atoms with E-state index in [9.17, 15) is 4.79 Å². The fourth-order valence-corrected chi connectivity index (χ4v) is 6.59. The number of carbonyl (C=O) groups excluding carboxylic acids is 1. The van der Waals surface area contributed by atoms with E-state index in [1.165, 1.54) is 23.7 Å². The van der Waals surface area contributed by atoms with Crippen LogP contribution in [0.4, 0.5) is 17.2 Å². The van der Waals surface area contributed by atoms with Crippen LogP contribution >= 0.6 is 11.8 Å². The van der Waals surface area contributed by atoms with Gasteiger partial charge in [0.05, 0.1) is 34.2 Å². The van der Waals surface area contributed by atoms with Crippen molar-refractivity contribution in [1.29, 1.82) is 0 Å². The second kappa shape index (κ2) is 9.68. The van der Waals surface area contributed by atoms with E-state index in [-0.39, 0.29) is 11.4 Å². The van der Waals surface area contributed by atoms with Gasteiger partial charge in [0.15, 0.2) is 11.0 Å². The molecule has 2 aromatic heterocycles. The molecule has 8 nitrogen and oxygen atoms in total. The number of nitrogens with zero attached hydrogens (tertiary/aromatic N) is 4. The number of imidazole rings is 1. The Bertz CT molecular complexity index is 1890. The summed E-state index contributed by atoms with van der Waals surface area (Å²) in [7, 11) is 0. The molecule has 4 heterocycles. The van der Waals surface area contributed by atoms with Gasteiger partial charge in [0.25, 0.3) is 0 Å². The summed E-state index contributed by atoms with van der Waals surface area (Å²) in [4.78, 5) is 26.2. The Morgan fingerprint density at radius 1 is 0.905 bits per heavy atom. The van der Waals surface area contributed by atoms with Crippen LogP contribution < -0.4 is 16.4 Å². The molecule has 0 radical (unpaired) electrons. The van der Waals surface area contributed by atoms with Gasteiger partial charge >= 0.3 is 0 Å². The fourth-order valence-electron chi connectivity index (χ4n) is 5.89. The minimum atomic E-state index is -0.233. The van der Waals surface area contributed by atoms with Crippen LogP contribution in [0, 0.1) is 0 Å². The van der Waals surface area contributed by atoms with Crippen molar-refractivity contribution in [3.05, 3.63) is 96.7 Å². The monoisotopic (exact) mass is 569 g/mol. The Kier molecular flexibility index (Phi) is 5.77. The van der Waals surface area contributed by atoms with Crippen molar-refractivity contribution < 1.29 is 4.79 Å². The number of hydrogen-bond acceptors (Lipinski definition) is 7. The summed E-state index contributed by atoms with van der Waals surface area (Å²) in [5, 5.41) is 6.95. The lowest BCUT2D eigenvalue weighted by Gasteiger charge is -2.38. The van der Waals surface area contributed by atoms with E-state index < -0.39 is 0 Å². The van der Waals surface area contributed by atoms with Crippen molar-refractivity contribution in [2.45, 2.75) is 24.8 Å². The van der Waals surface area contributed by atoms with Gasteiger partial charge in [0.2, 0.25) is 5.91 Å². The number of rotatable bonds is 4. The molecule has 0 atom stereocenters. The predicted octanol–water partition coefficient (Wildman–Crippen LogP) is 6.51. The quantitative estimate of drug-likeness (QED) is 0.223. The number of carbonyl (C=O) groups is 1. The second-order valence-electron chi connectivity index (χ2n) is 10.9. The number of nitrogens with two attached hydrogens (primary N) is 1. The zero-order valence-corrected chi connectivity index (χ0v) is 23.5. The molecule has 0 spiro atoms. The molecule has 4 N–H and O–H groups in total. The minimum absolute atomic E-state index is 0.0204. The van der Waals surface area contributed by atoms with Gasteiger partial charge in [-0.15, -0.1) is 0 Å². The van der Waals surface area contributed by atoms with Crippen LogP contribution in [-0.2, 0) is 10.3 Å². The molecule has 0 bridgehead atoms. The number of thioether (sulfide) groups is 1. The number of amidine groups is 1. The van der Waals surface area contributed by atoms with Crippen molar-refractivity contribution in [2.24, 2.45) is 10.7 Å². The third kappa shape index (κ3) is 4.12. The lowest BCUT2D eigenvalue weighted by molar-refractivity contribution is -0.116. The van der Waals surface area contributed by atoms with Crippen LogP contribution in [0.25, 0.3) is 39.6 Å². The highest BCUT2D eigenvalue weighted by Crippen LogP contribution is 2.45. The van der Waals surface area contributed by atoms with Crippen molar-refractivity contribution in [3.63, 3.8) is 0 Å². The van der Waals surface area contributed by atoms with Crippen molar-refractivity contribution >= 4 is 40.0 Å². The molecule has 1 saturated carbocycles. The smallest absolute Gasteiger partial charge is 0.236 e. The molecule has 5 aromatic rings. The summed E-state index contributed by atoms with van der Waals surface area (Å²) in [6, 6.07) is 28.9. The highest BCUT2D eigenvalue weighted by Gasteiger charge is 2.34. The Morgan fingerprint density at radius 2 is 1.69 bits per heavy atom. The van der Waals surface area contributed by atoms with E-state index in [4.69, 9.17) is 15.7 Å². The largest absolute Gasteiger partial charge is 0.338 e. The molecular weight excluding hydrogens is 542 g/mol. The van der Waals surface area contributed by atoms with E-state index in [0.29, 0.717) is 10.9 Å². The Balaban J connectivity index is 1.33. The summed E-state index contributed by atoms with van der Waals surface area (Å²) < 4.78 is 2.21. The first-order chi connectivity index (χ1) is 20.6. The van der Waals surface area contributed by atoms with Gasteiger partial charge in [-0.05, 0) is 61.2 Å². The van der Waals surface area contributed by atoms with Crippen LogP contribution in [-0.4, -0.2) is 31.4 Å². The van der Waals surface area contributed by atoms with E-state index in [0.717, 1.165) is 69.6 Å². The molecule has 1 amide bonds. The van der Waals surface area contributed by atoms with Gasteiger partial charge in [-0.2, -0.15) is 0 Å². The minimum Gasteiger partial charge on any atom is -0.338 e. The van der Waals surface area contributed by atoms with Crippen molar-refractivity contribution in [3.8, 4) is 39.6 Å². The zero-order valence-electron chi connectivity index (χ0n) is 22.7. The number of anilines is 2. The summed E-state index contributed by atoms with van der Waals surface area (Å²) >= 11 is 1.41. The third-order valence-corrected chi connectivity index (χ3v) is 9.14. The average molecular weight is 570 g/mol. The molecule has 2 aliphatic heterocycles. The molecule has 3 aromatic carbocycles. The standard InChI is InChI=1S/C33H27N7OS/c34-33(16-4-17-33)22-12-8-21(9-13-22)29-28(20-10-14-23(15-11-20)36-32-38-27(41)19-42-32)39-31-24-5-1-2-6-25(24)37-30-26(40(29)31)7-3-18-35-30/h1-3,5-15,18H,4,16-17,19,34H2,(H,35,37)(H,36,38,41). The fraction of sp³-hybridized carbons (Fsp3) is 0.152. The second-order valence-corrected chi connectivity index (χ2v) is 11.9. The molecule has 42 heavy (non-hydrogen) atoms. The van der Waals surface area contributed by atoms with E-state index in [2.05, 4.69) is 62.7 Å². The maximum absolute atomic E-state index is 11.6. The summed E-state index contributed by atoms with van der Waals surface area (Å²) in [5.74, 6) is 1.98. The van der Waals surface area contributed by atoms with E-state index in [1.54, 1.807) is 6.20 Å². The summed E-state index contributed by atoms with van der Waals surface area (Å²) in [6.07, 6.45) is 5.00. The Hall–Kier alpha value is -4.73. The number of amides is 1. The number of aliphatic imine (C=N–C) groups is 1. The normalized spacial score (nSPS) is 17.4. The Labute approximate surface area is 247 Å². The van der Waals surface area contributed by atoms with Gasteiger partial charge in [0.1, 0.15) is 5.82 Å². The topological polar surface area (TPSA) is 110 Å². The Morgan fingerprint density at radius 3 is 2.43 bits per heavy atom. The summed E-state index contributed by atoms with van der Waals surface area (Å²) in [6.45, 7) is 0. The van der Waals surface area contributed by atoms with Gasteiger partial charge in [-0.3, -0.25) is 9.36 Å². The maximum atomic E-state index is 11.6. The first-order valence-electron chi connectivity index (χ1n) is 14.0. The molecule has 1 aliphatic carbocycles. The highest BCUT2D eigenvalue weighted by atomic mass is 32.2. The number of para-hydroxylation sites is 1. The van der Waals surface area contributed by atoms with E-state index in [1.807, 2.05) is 42.5 Å². The van der Waals surface area contributed by atoms with Gasteiger partial charge < -0.3 is 16.4 Å². The van der Waals surface area contributed by atoms with Crippen LogP contribution in [0.5, 0.6) is 0 Å². The number of fused-ring (bicyclic) bond motifs is 5. The molecule has 1 saturated heterocycles. The van der Waals surface area contributed by atoms with Gasteiger partial charge in [-0.1, -0.05) is 60.3 Å². The van der Waals surface area contributed by atoms with Crippen LogP contribution in [0.1, 0.15) is 24.8 Å². The molecule has 2 fully saturated rings. The van der Waals surface area contributed by atoms with Crippen molar-refractivity contribution in [1.82, 2.24) is 19.9 Å². The van der Waals surface area contributed by atoms with Crippen LogP contribution in [0.3, 0.4) is 0 Å². The zero-order chi connectivity index (χ0) is 28.3.